The molecule has 0 saturated heterocycles. The lowest BCUT2D eigenvalue weighted by Gasteiger charge is -2.34. The van der Waals surface area contributed by atoms with E-state index in [0.29, 0.717) is 6.42 Å². The molecule has 4 heteroatoms. The van der Waals surface area contributed by atoms with Crippen LogP contribution in [-0.4, -0.2) is 17.4 Å². The van der Waals surface area contributed by atoms with E-state index in [1.54, 1.807) is 0 Å². The predicted octanol–water partition coefficient (Wildman–Crippen LogP) is 3.56. The summed E-state index contributed by atoms with van der Waals surface area (Å²) in [6.45, 7) is 2.98. The number of aromatic amines is 1. The zero-order chi connectivity index (χ0) is 16.6. The third-order valence-electron chi connectivity index (χ3n) is 4.83. The van der Waals surface area contributed by atoms with Crippen LogP contribution in [0.4, 0.5) is 5.69 Å². The second-order valence-corrected chi connectivity index (χ2v) is 6.62. The number of para-hydroxylation sites is 2. The summed E-state index contributed by atoms with van der Waals surface area (Å²) in [5.41, 5.74) is 4.06. The minimum Gasteiger partial charge on any atom is -0.357 e. The van der Waals surface area contributed by atoms with Crippen molar-refractivity contribution in [3.63, 3.8) is 0 Å². The number of fused-ring (bicyclic) bond motifs is 3. The van der Waals surface area contributed by atoms with Crippen molar-refractivity contribution in [2.24, 2.45) is 0 Å². The molecule has 4 rings (SSSR count). The van der Waals surface area contributed by atoms with Crippen LogP contribution in [0, 0.1) is 0 Å². The smallest absolute Gasteiger partial charge is 0.226 e. The van der Waals surface area contributed by atoms with Crippen molar-refractivity contribution in [2.75, 3.05) is 11.9 Å². The van der Waals surface area contributed by atoms with E-state index in [4.69, 9.17) is 0 Å². The van der Waals surface area contributed by atoms with Gasteiger partial charge < -0.3 is 15.6 Å². The molecule has 0 aliphatic carbocycles. The summed E-state index contributed by atoms with van der Waals surface area (Å²) < 4.78 is 0. The molecule has 0 bridgehead atoms. The average molecular weight is 319 g/mol. The van der Waals surface area contributed by atoms with E-state index in [1.165, 1.54) is 10.9 Å². The lowest BCUT2D eigenvalue weighted by atomic mass is 9.85. The Hall–Kier alpha value is -2.59. The number of benzene rings is 2. The predicted molar refractivity (Wildman–Crippen MR) is 97.0 cm³/mol. The van der Waals surface area contributed by atoms with Gasteiger partial charge in [-0.15, -0.1) is 0 Å². The highest BCUT2D eigenvalue weighted by Gasteiger charge is 2.36. The van der Waals surface area contributed by atoms with Gasteiger partial charge in [0.05, 0.1) is 12.0 Å². The molecule has 1 atom stereocenters. The first-order valence-corrected chi connectivity index (χ1v) is 8.36. The number of carbonyl (C=O) groups excluding carboxylic acids is 1. The van der Waals surface area contributed by atoms with Gasteiger partial charge in [0, 0.05) is 28.8 Å². The zero-order valence-electron chi connectivity index (χ0n) is 13.7. The molecule has 0 radical (unpaired) electrons. The fourth-order valence-corrected chi connectivity index (χ4v) is 3.68. The van der Waals surface area contributed by atoms with Gasteiger partial charge in [-0.2, -0.15) is 0 Å². The highest BCUT2D eigenvalue weighted by atomic mass is 16.1. The third kappa shape index (κ3) is 2.59. The first-order chi connectivity index (χ1) is 11.7. The van der Waals surface area contributed by atoms with Crippen molar-refractivity contribution in [3.05, 3.63) is 65.9 Å². The van der Waals surface area contributed by atoms with Gasteiger partial charge in [-0.05, 0) is 37.1 Å². The number of hydrogen-bond acceptors (Lipinski definition) is 2. The van der Waals surface area contributed by atoms with Gasteiger partial charge in [0.2, 0.25) is 5.91 Å². The molecule has 4 nitrogen and oxygen atoms in total. The maximum Gasteiger partial charge on any atom is 0.226 e. The Morgan fingerprint density at radius 2 is 1.88 bits per heavy atom. The Morgan fingerprint density at radius 1 is 1.12 bits per heavy atom. The molecule has 0 fully saturated rings. The molecule has 0 spiro atoms. The van der Waals surface area contributed by atoms with Crippen molar-refractivity contribution in [3.8, 4) is 0 Å². The summed E-state index contributed by atoms with van der Waals surface area (Å²) >= 11 is 0. The fraction of sp³-hybridized carbons (Fsp3) is 0.250. The zero-order valence-corrected chi connectivity index (χ0v) is 13.7. The van der Waals surface area contributed by atoms with Crippen LogP contribution in [0.1, 0.15) is 24.6 Å². The van der Waals surface area contributed by atoms with Crippen LogP contribution < -0.4 is 10.6 Å². The molecule has 1 aliphatic rings. The standard InChI is InChI=1S/C20H21N3O/c1-20(13-18(24)22-14-7-3-2-4-8-14)19-16(11-12-21-20)15-9-5-6-10-17(15)23-19/h2-10,21,23H,11-13H2,1H3,(H,22,24)/t20-/m0/s1. The number of hydrogen-bond donors (Lipinski definition) is 3. The lowest BCUT2D eigenvalue weighted by molar-refractivity contribution is -0.117. The Labute approximate surface area is 141 Å². The van der Waals surface area contributed by atoms with E-state index in [2.05, 4.69) is 40.7 Å². The summed E-state index contributed by atoms with van der Waals surface area (Å²) in [4.78, 5) is 16.1. The summed E-state index contributed by atoms with van der Waals surface area (Å²) in [6.07, 6.45) is 1.37. The van der Waals surface area contributed by atoms with Gasteiger partial charge in [0.15, 0.2) is 0 Å². The summed E-state index contributed by atoms with van der Waals surface area (Å²) in [6, 6.07) is 18.0. The normalized spacial score (nSPS) is 19.9. The van der Waals surface area contributed by atoms with E-state index in [0.717, 1.165) is 29.9 Å². The molecule has 122 valence electrons. The topological polar surface area (TPSA) is 56.9 Å². The summed E-state index contributed by atoms with van der Waals surface area (Å²) in [5.74, 6) is 0.0164. The molecular weight excluding hydrogens is 298 g/mol. The number of H-pyrrole nitrogens is 1. The van der Waals surface area contributed by atoms with Crippen LogP contribution in [0.25, 0.3) is 10.9 Å². The van der Waals surface area contributed by atoms with E-state index in [9.17, 15) is 4.79 Å². The molecular formula is C20H21N3O. The number of aromatic nitrogens is 1. The van der Waals surface area contributed by atoms with Crippen molar-refractivity contribution in [2.45, 2.75) is 25.3 Å². The van der Waals surface area contributed by atoms with Crippen LogP contribution in [0.3, 0.4) is 0 Å². The molecule has 0 unspecified atom stereocenters. The molecule has 2 heterocycles. The van der Waals surface area contributed by atoms with Crippen LogP contribution in [-0.2, 0) is 16.8 Å². The Kier molecular flexibility index (Phi) is 3.62. The van der Waals surface area contributed by atoms with Gasteiger partial charge in [0.25, 0.3) is 0 Å². The Bertz CT molecular complexity index is 884. The van der Waals surface area contributed by atoms with Crippen LogP contribution in [0.5, 0.6) is 0 Å². The Balaban J connectivity index is 1.63. The third-order valence-corrected chi connectivity index (χ3v) is 4.83. The van der Waals surface area contributed by atoms with E-state index in [1.807, 2.05) is 36.4 Å². The first kappa shape index (κ1) is 15.0. The molecule has 24 heavy (non-hydrogen) atoms. The molecule has 1 aliphatic heterocycles. The highest BCUT2D eigenvalue weighted by molar-refractivity contribution is 5.92. The second kappa shape index (κ2) is 5.80. The van der Waals surface area contributed by atoms with Crippen molar-refractivity contribution in [1.82, 2.24) is 10.3 Å². The number of amides is 1. The number of nitrogens with one attached hydrogen (secondary N) is 3. The van der Waals surface area contributed by atoms with Crippen LogP contribution in [0.2, 0.25) is 0 Å². The Morgan fingerprint density at radius 3 is 2.71 bits per heavy atom. The molecule has 2 aromatic carbocycles. The maximum absolute atomic E-state index is 12.5. The summed E-state index contributed by atoms with van der Waals surface area (Å²) in [7, 11) is 0. The summed E-state index contributed by atoms with van der Waals surface area (Å²) in [5, 5.41) is 7.79. The number of rotatable bonds is 3. The fourth-order valence-electron chi connectivity index (χ4n) is 3.68. The van der Waals surface area contributed by atoms with Crippen molar-refractivity contribution < 1.29 is 4.79 Å². The van der Waals surface area contributed by atoms with E-state index >= 15 is 0 Å². The molecule has 0 saturated carbocycles. The SMILES string of the molecule is C[C@@]1(CC(=O)Nc2ccccc2)NCCc2c1[nH]c1ccccc21. The number of carbonyl (C=O) groups is 1. The molecule has 3 aromatic rings. The van der Waals surface area contributed by atoms with Gasteiger partial charge >= 0.3 is 0 Å². The van der Waals surface area contributed by atoms with Gasteiger partial charge in [-0.1, -0.05) is 36.4 Å². The van der Waals surface area contributed by atoms with Crippen LogP contribution >= 0.6 is 0 Å². The quantitative estimate of drug-likeness (QED) is 0.691. The minimum absolute atomic E-state index is 0.0164. The number of anilines is 1. The second-order valence-electron chi connectivity index (χ2n) is 6.62. The lowest BCUT2D eigenvalue weighted by Crippen LogP contribution is -2.47. The molecule has 3 N–H and O–H groups in total. The van der Waals surface area contributed by atoms with E-state index < -0.39 is 0 Å². The minimum atomic E-state index is -0.383. The maximum atomic E-state index is 12.5. The molecule has 1 aromatic heterocycles. The van der Waals surface area contributed by atoms with Gasteiger partial charge in [-0.3, -0.25) is 4.79 Å². The van der Waals surface area contributed by atoms with Crippen molar-refractivity contribution >= 4 is 22.5 Å². The monoisotopic (exact) mass is 319 g/mol. The highest BCUT2D eigenvalue weighted by Crippen LogP contribution is 2.35. The largest absolute Gasteiger partial charge is 0.357 e. The van der Waals surface area contributed by atoms with Crippen LogP contribution in [0.15, 0.2) is 54.6 Å². The van der Waals surface area contributed by atoms with Crippen molar-refractivity contribution in [1.29, 1.82) is 0 Å². The van der Waals surface area contributed by atoms with E-state index in [-0.39, 0.29) is 11.4 Å². The molecule has 1 amide bonds. The van der Waals surface area contributed by atoms with Gasteiger partial charge in [-0.25, -0.2) is 0 Å². The van der Waals surface area contributed by atoms with Gasteiger partial charge in [0.1, 0.15) is 0 Å². The first-order valence-electron chi connectivity index (χ1n) is 8.36. The average Bonchev–Trinajstić information content (AvgIpc) is 2.96.